The number of hydrogen-bond donors (Lipinski definition) is 0. The zero-order chi connectivity index (χ0) is 14.0. The van der Waals surface area contributed by atoms with E-state index in [9.17, 15) is 0 Å². The van der Waals surface area contributed by atoms with Gasteiger partial charge in [-0.15, -0.1) is 0 Å². The molecule has 0 radical (unpaired) electrons. The maximum atomic E-state index is 2.66. The molecule has 1 unspecified atom stereocenters. The molecule has 0 amide bonds. The summed E-state index contributed by atoms with van der Waals surface area (Å²) in [6, 6.07) is 0. The van der Waals surface area contributed by atoms with E-state index in [1.165, 1.54) is 44.9 Å². The molecular formula is C20H30. The number of fused-ring (bicyclic) bond motifs is 5. The Morgan fingerprint density at radius 3 is 2.80 bits per heavy atom. The summed E-state index contributed by atoms with van der Waals surface area (Å²) in [5.41, 5.74) is 2.86. The van der Waals surface area contributed by atoms with Crippen LogP contribution in [-0.2, 0) is 0 Å². The van der Waals surface area contributed by atoms with Gasteiger partial charge in [0.05, 0.1) is 0 Å². The molecule has 0 aromatic rings. The van der Waals surface area contributed by atoms with Crippen LogP contribution in [0.1, 0.15) is 65.7 Å². The normalized spacial score (nSPS) is 53.9. The topological polar surface area (TPSA) is 0 Å². The van der Waals surface area contributed by atoms with Gasteiger partial charge < -0.3 is 0 Å². The highest BCUT2D eigenvalue weighted by molar-refractivity contribution is 5.32. The first-order valence-corrected chi connectivity index (χ1v) is 8.92. The Labute approximate surface area is 124 Å². The molecule has 4 aliphatic carbocycles. The Balaban J connectivity index is 1.71. The maximum Gasteiger partial charge on any atom is 0.00938 e. The molecule has 0 heterocycles. The summed E-state index contributed by atoms with van der Waals surface area (Å²) >= 11 is 0. The van der Waals surface area contributed by atoms with E-state index < -0.39 is 0 Å². The lowest BCUT2D eigenvalue weighted by molar-refractivity contribution is -0.00329. The van der Waals surface area contributed by atoms with E-state index >= 15 is 0 Å². The molecule has 0 aromatic carbocycles. The van der Waals surface area contributed by atoms with Crippen LogP contribution in [0.3, 0.4) is 0 Å². The van der Waals surface area contributed by atoms with Crippen LogP contribution in [0, 0.1) is 34.5 Å². The van der Waals surface area contributed by atoms with E-state index in [-0.39, 0.29) is 0 Å². The van der Waals surface area contributed by atoms with Crippen molar-refractivity contribution in [2.75, 3.05) is 0 Å². The van der Waals surface area contributed by atoms with Crippen molar-refractivity contribution in [1.82, 2.24) is 0 Å². The molecular weight excluding hydrogens is 240 g/mol. The van der Waals surface area contributed by atoms with Gasteiger partial charge in [0.1, 0.15) is 0 Å². The van der Waals surface area contributed by atoms with Crippen molar-refractivity contribution in [3.05, 3.63) is 23.8 Å². The molecule has 0 aliphatic heterocycles. The van der Waals surface area contributed by atoms with Crippen molar-refractivity contribution in [1.29, 1.82) is 0 Å². The fraction of sp³-hybridized carbons (Fsp3) is 0.800. The minimum atomic E-state index is 0.402. The van der Waals surface area contributed by atoms with Crippen LogP contribution >= 0.6 is 0 Å². The summed E-state index contributed by atoms with van der Waals surface area (Å²) in [5, 5.41) is 0. The van der Waals surface area contributed by atoms with Gasteiger partial charge in [0, 0.05) is 5.41 Å². The summed E-state index contributed by atoms with van der Waals surface area (Å²) < 4.78 is 0. The van der Waals surface area contributed by atoms with Gasteiger partial charge in [-0.05, 0) is 67.6 Å². The minimum Gasteiger partial charge on any atom is -0.0845 e. The SMILES string of the molecule is CC1C=C[C@@]2(C)C(=CC[C@H]3[C@@H]4CCC[C@@]4(C)CC[C@@H]32)C1. The third-order valence-electron chi connectivity index (χ3n) is 7.63. The molecule has 0 heteroatoms. The number of hydrogen-bond acceptors (Lipinski definition) is 0. The van der Waals surface area contributed by atoms with E-state index in [0.29, 0.717) is 10.8 Å². The molecule has 4 rings (SSSR count). The van der Waals surface area contributed by atoms with Crippen LogP contribution in [-0.4, -0.2) is 0 Å². The van der Waals surface area contributed by atoms with Crippen LogP contribution < -0.4 is 0 Å². The van der Waals surface area contributed by atoms with E-state index in [1.807, 2.05) is 0 Å². The van der Waals surface area contributed by atoms with Crippen molar-refractivity contribution in [2.45, 2.75) is 65.7 Å². The van der Waals surface area contributed by atoms with E-state index in [0.717, 1.165) is 23.7 Å². The zero-order valence-corrected chi connectivity index (χ0v) is 13.5. The molecule has 2 saturated carbocycles. The first kappa shape index (κ1) is 13.2. The van der Waals surface area contributed by atoms with E-state index in [1.54, 1.807) is 5.57 Å². The Hall–Kier alpha value is -0.520. The lowest BCUT2D eigenvalue weighted by atomic mass is 9.49. The van der Waals surface area contributed by atoms with Crippen molar-refractivity contribution >= 4 is 0 Å². The van der Waals surface area contributed by atoms with Gasteiger partial charge in [0.15, 0.2) is 0 Å². The second kappa shape index (κ2) is 4.24. The molecule has 0 nitrogen and oxygen atoms in total. The average Bonchev–Trinajstić information content (AvgIpc) is 2.81. The molecule has 2 fully saturated rings. The lowest BCUT2D eigenvalue weighted by Gasteiger charge is -2.55. The quantitative estimate of drug-likeness (QED) is 0.491. The van der Waals surface area contributed by atoms with Gasteiger partial charge in [-0.2, -0.15) is 0 Å². The van der Waals surface area contributed by atoms with Crippen LogP contribution in [0.15, 0.2) is 23.8 Å². The van der Waals surface area contributed by atoms with Crippen LogP contribution in [0.4, 0.5) is 0 Å². The molecule has 110 valence electrons. The summed E-state index contributed by atoms with van der Waals surface area (Å²) in [4.78, 5) is 0. The molecule has 0 spiro atoms. The van der Waals surface area contributed by atoms with E-state index in [4.69, 9.17) is 0 Å². The largest absolute Gasteiger partial charge is 0.0845 e. The fourth-order valence-electron chi connectivity index (χ4n) is 6.40. The smallest absolute Gasteiger partial charge is 0.00938 e. The van der Waals surface area contributed by atoms with Crippen LogP contribution in [0.25, 0.3) is 0 Å². The molecule has 0 bridgehead atoms. The van der Waals surface area contributed by atoms with Gasteiger partial charge in [-0.25, -0.2) is 0 Å². The molecule has 0 saturated heterocycles. The summed E-state index contributed by atoms with van der Waals surface area (Å²) in [7, 11) is 0. The van der Waals surface area contributed by atoms with Gasteiger partial charge in [-0.3, -0.25) is 0 Å². The summed E-state index contributed by atoms with van der Waals surface area (Å²) in [6.07, 6.45) is 17.9. The summed E-state index contributed by atoms with van der Waals surface area (Å²) in [5.74, 6) is 3.68. The van der Waals surface area contributed by atoms with Crippen molar-refractivity contribution in [3.63, 3.8) is 0 Å². The summed E-state index contributed by atoms with van der Waals surface area (Å²) in [6.45, 7) is 7.52. The third kappa shape index (κ3) is 1.66. The molecule has 20 heavy (non-hydrogen) atoms. The Kier molecular flexibility index (Phi) is 2.79. The predicted molar refractivity (Wildman–Crippen MR) is 85.4 cm³/mol. The highest BCUT2D eigenvalue weighted by Gasteiger charge is 2.54. The molecule has 0 N–H and O–H groups in total. The lowest BCUT2D eigenvalue weighted by Crippen LogP contribution is -2.47. The van der Waals surface area contributed by atoms with E-state index in [2.05, 4.69) is 39.0 Å². The Bertz CT molecular complexity index is 470. The second-order valence-corrected chi connectivity index (χ2v) is 8.75. The van der Waals surface area contributed by atoms with Crippen molar-refractivity contribution in [2.24, 2.45) is 34.5 Å². The standard InChI is InChI=1S/C20H30/c1-14-8-12-20(3)15(13-14)6-7-16-17-5-4-10-19(17,2)11-9-18(16)20/h6,8,12,14,16-18H,4-5,7,9-11,13H2,1-3H3/t14?,16-,17-,18-,19-,20-/m0/s1. The second-order valence-electron chi connectivity index (χ2n) is 8.75. The average molecular weight is 270 g/mol. The van der Waals surface area contributed by atoms with Gasteiger partial charge >= 0.3 is 0 Å². The van der Waals surface area contributed by atoms with Crippen molar-refractivity contribution in [3.8, 4) is 0 Å². The monoisotopic (exact) mass is 270 g/mol. The first-order chi connectivity index (χ1) is 9.53. The van der Waals surface area contributed by atoms with Gasteiger partial charge in [-0.1, -0.05) is 51.0 Å². The Morgan fingerprint density at radius 2 is 1.95 bits per heavy atom. The Morgan fingerprint density at radius 1 is 1.10 bits per heavy atom. The number of allylic oxidation sites excluding steroid dienone is 4. The molecule has 4 aliphatic rings. The van der Waals surface area contributed by atoms with Gasteiger partial charge in [0.2, 0.25) is 0 Å². The predicted octanol–water partition coefficient (Wildman–Crippen LogP) is 5.75. The highest BCUT2D eigenvalue weighted by Crippen LogP contribution is 2.64. The van der Waals surface area contributed by atoms with Crippen LogP contribution in [0.5, 0.6) is 0 Å². The molecule has 0 aromatic heterocycles. The zero-order valence-electron chi connectivity index (χ0n) is 13.5. The van der Waals surface area contributed by atoms with Crippen molar-refractivity contribution < 1.29 is 0 Å². The van der Waals surface area contributed by atoms with Gasteiger partial charge in [0.25, 0.3) is 0 Å². The van der Waals surface area contributed by atoms with Crippen LogP contribution in [0.2, 0.25) is 0 Å². The molecule has 6 atom stereocenters. The first-order valence-electron chi connectivity index (χ1n) is 8.92. The fourth-order valence-corrected chi connectivity index (χ4v) is 6.40. The maximum absolute atomic E-state index is 2.66. The highest BCUT2D eigenvalue weighted by atomic mass is 14.6. The third-order valence-corrected chi connectivity index (χ3v) is 7.63. The minimum absolute atomic E-state index is 0.402. The number of rotatable bonds is 0.